The van der Waals surface area contributed by atoms with E-state index in [1.54, 1.807) is 24.3 Å². The number of hydrogen-bond donors (Lipinski definition) is 2. The highest BCUT2D eigenvalue weighted by Gasteiger charge is 2.22. The van der Waals surface area contributed by atoms with Gasteiger partial charge >= 0.3 is 0 Å². The highest BCUT2D eigenvalue weighted by atomic mass is 35.5. The zero-order valence-corrected chi connectivity index (χ0v) is 18.2. The van der Waals surface area contributed by atoms with Crippen molar-refractivity contribution in [3.05, 3.63) is 53.1 Å². The van der Waals surface area contributed by atoms with Crippen LogP contribution in [-0.2, 0) is 26.0 Å². The van der Waals surface area contributed by atoms with E-state index in [0.717, 1.165) is 10.5 Å². The van der Waals surface area contributed by atoms with Gasteiger partial charge in [-0.25, -0.2) is 8.42 Å². The van der Waals surface area contributed by atoms with Gasteiger partial charge in [0.2, 0.25) is 11.8 Å². The van der Waals surface area contributed by atoms with Crippen molar-refractivity contribution in [3.63, 3.8) is 0 Å². The van der Waals surface area contributed by atoms with Gasteiger partial charge in [0.15, 0.2) is 9.84 Å². The van der Waals surface area contributed by atoms with Crippen LogP contribution in [0.4, 0.5) is 5.69 Å². The first-order chi connectivity index (χ1) is 13.7. The number of benzene rings is 2. The number of carbonyl (C=O) groups is 2. The van der Waals surface area contributed by atoms with Crippen molar-refractivity contribution in [1.29, 1.82) is 0 Å². The molecular formula is C20H21ClN2O4S2. The van der Waals surface area contributed by atoms with E-state index < -0.39 is 9.84 Å². The second kappa shape index (κ2) is 9.19. The number of thioether (sulfide) groups is 1. The van der Waals surface area contributed by atoms with E-state index in [4.69, 9.17) is 11.6 Å². The monoisotopic (exact) mass is 452 g/mol. The molecular weight excluding hydrogens is 432 g/mol. The zero-order chi connectivity index (χ0) is 21.0. The van der Waals surface area contributed by atoms with Gasteiger partial charge in [-0.1, -0.05) is 36.7 Å². The molecule has 0 radical (unpaired) electrons. The average Bonchev–Trinajstić information content (AvgIpc) is 2.81. The molecule has 2 N–H and O–H groups in total. The van der Waals surface area contributed by atoms with E-state index in [-0.39, 0.29) is 40.7 Å². The number of halogens is 1. The predicted octanol–water partition coefficient (Wildman–Crippen LogP) is 3.64. The highest BCUT2D eigenvalue weighted by Crippen LogP contribution is 2.36. The lowest BCUT2D eigenvalue weighted by molar-refractivity contribution is -0.121. The summed E-state index contributed by atoms with van der Waals surface area (Å²) in [4.78, 5) is 24.9. The van der Waals surface area contributed by atoms with E-state index in [0.29, 0.717) is 17.1 Å². The summed E-state index contributed by atoms with van der Waals surface area (Å²) in [5, 5.41) is 6.10. The Bertz CT molecular complexity index is 1040. The number of amides is 2. The van der Waals surface area contributed by atoms with Gasteiger partial charge in [-0.05, 0) is 29.8 Å². The summed E-state index contributed by atoms with van der Waals surface area (Å²) < 4.78 is 25.3. The van der Waals surface area contributed by atoms with E-state index in [9.17, 15) is 18.0 Å². The van der Waals surface area contributed by atoms with Crippen LogP contribution in [0.2, 0.25) is 5.02 Å². The summed E-state index contributed by atoms with van der Waals surface area (Å²) in [6.45, 7) is 2.18. The van der Waals surface area contributed by atoms with Gasteiger partial charge in [0.1, 0.15) is 0 Å². The summed E-state index contributed by atoms with van der Waals surface area (Å²) in [5.41, 5.74) is 1.26. The van der Waals surface area contributed by atoms with Crippen molar-refractivity contribution in [2.24, 2.45) is 0 Å². The van der Waals surface area contributed by atoms with Crippen LogP contribution in [-0.4, -0.2) is 31.2 Å². The fourth-order valence-corrected chi connectivity index (χ4v) is 5.41. The number of sulfone groups is 1. The maximum atomic E-state index is 12.7. The molecule has 2 amide bonds. The van der Waals surface area contributed by atoms with Gasteiger partial charge in [-0.2, -0.15) is 0 Å². The Morgan fingerprint density at radius 3 is 2.79 bits per heavy atom. The minimum Gasteiger partial charge on any atom is -0.352 e. The predicted molar refractivity (Wildman–Crippen MR) is 115 cm³/mol. The van der Waals surface area contributed by atoms with Crippen molar-refractivity contribution in [2.45, 2.75) is 41.4 Å². The lowest BCUT2D eigenvalue weighted by atomic mass is 10.2. The molecule has 0 bridgehead atoms. The number of rotatable bonds is 6. The third kappa shape index (κ3) is 5.74. The molecule has 1 atom stereocenters. The molecule has 154 valence electrons. The van der Waals surface area contributed by atoms with Gasteiger partial charge < -0.3 is 10.6 Å². The van der Waals surface area contributed by atoms with E-state index in [2.05, 4.69) is 10.6 Å². The standard InChI is InChI=1S/C20H21ClN2O4S2/c1-13-10-20(25)23-17-11-15(6-7-18(17)28-13)29(26,27)9-8-19(24)22-12-14-4-2-3-5-16(14)21/h2-7,11,13H,8-10,12H2,1H3,(H,22,24)(H,23,25)/t13-/m1/s1. The molecule has 3 rings (SSSR count). The smallest absolute Gasteiger partial charge is 0.225 e. The number of hydrogen-bond acceptors (Lipinski definition) is 5. The number of carbonyl (C=O) groups excluding carboxylic acids is 2. The van der Waals surface area contributed by atoms with Crippen molar-refractivity contribution in [1.82, 2.24) is 5.32 Å². The summed E-state index contributed by atoms with van der Waals surface area (Å²) >= 11 is 7.57. The maximum absolute atomic E-state index is 12.7. The summed E-state index contributed by atoms with van der Waals surface area (Å²) in [5.74, 6) is -0.837. The maximum Gasteiger partial charge on any atom is 0.225 e. The molecule has 0 unspecified atom stereocenters. The minimum absolute atomic E-state index is 0.0885. The first-order valence-corrected chi connectivity index (χ1v) is 12.0. The van der Waals surface area contributed by atoms with Gasteiger partial charge in [0, 0.05) is 34.6 Å². The molecule has 0 aliphatic carbocycles. The third-order valence-corrected chi connectivity index (χ3v) is 7.68. The lowest BCUT2D eigenvalue weighted by Crippen LogP contribution is -2.25. The summed E-state index contributed by atoms with van der Waals surface area (Å²) in [7, 11) is -3.67. The molecule has 1 heterocycles. The molecule has 29 heavy (non-hydrogen) atoms. The van der Waals surface area contributed by atoms with Crippen LogP contribution in [0.5, 0.6) is 0 Å². The average molecular weight is 453 g/mol. The van der Waals surface area contributed by atoms with Crippen LogP contribution in [0.1, 0.15) is 25.3 Å². The molecule has 0 saturated carbocycles. The molecule has 2 aromatic rings. The summed E-state index contributed by atoms with van der Waals surface area (Å²) in [6, 6.07) is 11.8. The molecule has 0 aromatic heterocycles. The minimum atomic E-state index is -3.67. The number of anilines is 1. The Kier molecular flexibility index (Phi) is 6.87. The van der Waals surface area contributed by atoms with E-state index in [1.807, 2.05) is 13.0 Å². The largest absolute Gasteiger partial charge is 0.352 e. The van der Waals surface area contributed by atoms with Gasteiger partial charge in [0.05, 0.1) is 16.3 Å². The normalized spacial score (nSPS) is 16.5. The topological polar surface area (TPSA) is 92.3 Å². The zero-order valence-electron chi connectivity index (χ0n) is 15.8. The van der Waals surface area contributed by atoms with Crippen molar-refractivity contribution < 1.29 is 18.0 Å². The molecule has 0 saturated heterocycles. The van der Waals surface area contributed by atoms with Crippen molar-refractivity contribution >= 4 is 50.7 Å². The first-order valence-electron chi connectivity index (χ1n) is 9.08. The number of nitrogens with one attached hydrogen (secondary N) is 2. The van der Waals surface area contributed by atoms with Crippen LogP contribution in [0.3, 0.4) is 0 Å². The van der Waals surface area contributed by atoms with E-state index >= 15 is 0 Å². The molecule has 0 spiro atoms. The van der Waals surface area contributed by atoms with E-state index in [1.165, 1.54) is 23.9 Å². The molecule has 6 nitrogen and oxygen atoms in total. The third-order valence-electron chi connectivity index (χ3n) is 4.42. The van der Waals surface area contributed by atoms with Crippen LogP contribution in [0.25, 0.3) is 0 Å². The van der Waals surface area contributed by atoms with Crippen LogP contribution < -0.4 is 10.6 Å². The molecule has 1 aliphatic rings. The Labute approximate surface area is 179 Å². The van der Waals surface area contributed by atoms with Crippen molar-refractivity contribution in [3.8, 4) is 0 Å². The lowest BCUT2D eigenvalue weighted by Gasteiger charge is -2.11. The van der Waals surface area contributed by atoms with Crippen LogP contribution >= 0.6 is 23.4 Å². The molecule has 2 aromatic carbocycles. The molecule has 9 heteroatoms. The van der Waals surface area contributed by atoms with Crippen LogP contribution in [0.15, 0.2) is 52.3 Å². The Morgan fingerprint density at radius 2 is 2.03 bits per heavy atom. The van der Waals surface area contributed by atoms with Crippen molar-refractivity contribution in [2.75, 3.05) is 11.1 Å². The summed E-state index contributed by atoms with van der Waals surface area (Å²) in [6.07, 6.45) is 0.203. The van der Waals surface area contributed by atoms with Crippen LogP contribution in [0, 0.1) is 0 Å². The second-order valence-corrected chi connectivity index (χ2v) is 10.8. The first kappa shape index (κ1) is 21.7. The van der Waals surface area contributed by atoms with Gasteiger partial charge in [-0.3, -0.25) is 9.59 Å². The fourth-order valence-electron chi connectivity index (χ4n) is 2.89. The van der Waals surface area contributed by atoms with Gasteiger partial charge in [-0.15, -0.1) is 11.8 Å². The fraction of sp³-hybridized carbons (Fsp3) is 0.300. The molecule has 1 aliphatic heterocycles. The second-order valence-electron chi connectivity index (χ2n) is 6.78. The Balaban J connectivity index is 1.63. The molecule has 0 fully saturated rings. The Hall–Kier alpha value is -2.03. The highest BCUT2D eigenvalue weighted by molar-refractivity contribution is 8.00. The number of fused-ring (bicyclic) bond motifs is 1. The quantitative estimate of drug-likeness (QED) is 0.698. The SMILES string of the molecule is C[C@@H]1CC(=O)Nc2cc(S(=O)(=O)CCC(=O)NCc3ccccc3Cl)ccc2S1. The van der Waals surface area contributed by atoms with Gasteiger partial charge in [0.25, 0.3) is 0 Å². The Morgan fingerprint density at radius 1 is 1.28 bits per heavy atom.